The van der Waals surface area contributed by atoms with Crippen molar-refractivity contribution in [3.63, 3.8) is 0 Å². The van der Waals surface area contributed by atoms with E-state index in [1.165, 1.54) is 0 Å². The molecule has 0 rings (SSSR count). The molecule has 60 valence electrons. The summed E-state index contributed by atoms with van der Waals surface area (Å²) in [5, 5.41) is 8.23. The molecule has 11 heavy (non-hydrogen) atoms. The Morgan fingerprint density at radius 3 is 2.55 bits per heavy atom. The molecular formula is C6H11NaO4. The van der Waals surface area contributed by atoms with Crippen molar-refractivity contribution in [1.29, 1.82) is 0 Å². The van der Waals surface area contributed by atoms with E-state index < -0.39 is 5.97 Å². The third-order valence-electron chi connectivity index (χ3n) is 0.713. The molecule has 0 spiro atoms. The second kappa shape index (κ2) is 12.8. The summed E-state index contributed by atoms with van der Waals surface area (Å²) < 4.78 is 4.51. The molecular weight excluding hydrogens is 159 g/mol. The third-order valence-corrected chi connectivity index (χ3v) is 0.713. The first-order valence-corrected chi connectivity index (χ1v) is 2.71. The predicted octanol–water partition coefficient (Wildman–Crippen LogP) is -3.07. The fraction of sp³-hybridized carbons (Fsp3) is 0.500. The van der Waals surface area contributed by atoms with Crippen molar-refractivity contribution >= 4 is 5.97 Å². The minimum absolute atomic E-state index is 0. The number of aliphatic hydroxyl groups is 1. The molecule has 0 aliphatic rings. The maximum absolute atomic E-state index is 10.3. The van der Waals surface area contributed by atoms with E-state index >= 15 is 0 Å². The molecule has 0 radical (unpaired) electrons. The Labute approximate surface area is 87.8 Å². The van der Waals surface area contributed by atoms with E-state index in [1.807, 2.05) is 0 Å². The van der Waals surface area contributed by atoms with Crippen LogP contribution in [-0.4, -0.2) is 29.8 Å². The van der Waals surface area contributed by atoms with E-state index in [-0.39, 0.29) is 48.2 Å². The molecule has 0 amide bonds. The molecule has 5 heteroatoms. The Kier molecular flexibility index (Phi) is 20.1. The number of hydrogen-bond donors (Lipinski definition) is 1. The van der Waals surface area contributed by atoms with E-state index in [4.69, 9.17) is 5.11 Å². The summed E-state index contributed by atoms with van der Waals surface area (Å²) in [5.41, 5.74) is 0. The Bertz CT molecular complexity index is 105. The zero-order valence-corrected chi connectivity index (χ0v) is 8.62. The summed E-state index contributed by atoms with van der Waals surface area (Å²) in [6.07, 6.45) is 1.58. The van der Waals surface area contributed by atoms with Crippen molar-refractivity contribution in [2.45, 2.75) is 6.42 Å². The van der Waals surface area contributed by atoms with E-state index in [2.05, 4.69) is 11.3 Å². The van der Waals surface area contributed by atoms with Crippen molar-refractivity contribution in [2.24, 2.45) is 0 Å². The summed E-state index contributed by atoms with van der Waals surface area (Å²) in [7, 11) is 0. The number of carbonyl (C=O) groups is 1. The number of aliphatic hydroxyl groups excluding tert-OH is 1. The number of carbonyl (C=O) groups excluding carboxylic acids is 1. The van der Waals surface area contributed by atoms with Gasteiger partial charge in [-0.05, 0) is 0 Å². The minimum Gasteiger partial charge on any atom is -0.870 e. The van der Waals surface area contributed by atoms with E-state index in [0.29, 0.717) is 6.42 Å². The molecule has 0 fully saturated rings. The van der Waals surface area contributed by atoms with Gasteiger partial charge in [0.15, 0.2) is 0 Å². The van der Waals surface area contributed by atoms with Crippen molar-refractivity contribution < 1.29 is 49.7 Å². The third kappa shape index (κ3) is 13.2. The molecule has 0 aliphatic heterocycles. The second-order valence-electron chi connectivity index (χ2n) is 1.45. The molecule has 0 bridgehead atoms. The van der Waals surface area contributed by atoms with Crippen LogP contribution in [0.5, 0.6) is 0 Å². The summed E-state index contributed by atoms with van der Waals surface area (Å²) in [5.74, 6) is -0.441. The Hall–Kier alpha value is 0.130. The van der Waals surface area contributed by atoms with Gasteiger partial charge in [-0.25, -0.2) is 4.79 Å². The molecule has 0 aromatic rings. The van der Waals surface area contributed by atoms with Crippen molar-refractivity contribution in [2.75, 3.05) is 13.2 Å². The zero-order valence-electron chi connectivity index (χ0n) is 6.62. The van der Waals surface area contributed by atoms with Crippen LogP contribution in [0.1, 0.15) is 6.42 Å². The summed E-state index contributed by atoms with van der Waals surface area (Å²) >= 11 is 0. The van der Waals surface area contributed by atoms with Gasteiger partial charge in [0.25, 0.3) is 0 Å². The van der Waals surface area contributed by atoms with Crippen molar-refractivity contribution in [1.82, 2.24) is 0 Å². The van der Waals surface area contributed by atoms with Crippen LogP contribution < -0.4 is 29.6 Å². The second-order valence-corrected chi connectivity index (χ2v) is 1.45. The van der Waals surface area contributed by atoms with Crippen LogP contribution in [0.15, 0.2) is 12.7 Å². The van der Waals surface area contributed by atoms with Gasteiger partial charge in [-0.2, -0.15) is 0 Å². The molecule has 2 N–H and O–H groups in total. The molecule has 0 aromatic carbocycles. The van der Waals surface area contributed by atoms with Crippen molar-refractivity contribution in [3.8, 4) is 0 Å². The van der Waals surface area contributed by atoms with Gasteiger partial charge in [0.05, 0.1) is 6.61 Å². The molecule has 0 aromatic heterocycles. The van der Waals surface area contributed by atoms with Gasteiger partial charge in [-0.1, -0.05) is 6.58 Å². The van der Waals surface area contributed by atoms with Crippen LogP contribution >= 0.6 is 0 Å². The monoisotopic (exact) mass is 170 g/mol. The topological polar surface area (TPSA) is 76.5 Å². The fourth-order valence-corrected chi connectivity index (χ4v) is 0.296. The molecule has 4 nitrogen and oxygen atoms in total. The quantitative estimate of drug-likeness (QED) is 0.210. The summed E-state index contributed by atoms with van der Waals surface area (Å²) in [4.78, 5) is 10.3. The normalized spacial score (nSPS) is 7.00. The first kappa shape index (κ1) is 17.3. The van der Waals surface area contributed by atoms with Crippen LogP contribution in [0.25, 0.3) is 0 Å². The Morgan fingerprint density at radius 1 is 1.64 bits per heavy atom. The van der Waals surface area contributed by atoms with Crippen LogP contribution in [0.2, 0.25) is 0 Å². The summed E-state index contributed by atoms with van der Waals surface area (Å²) in [6, 6.07) is 0. The number of hydrogen-bond acceptors (Lipinski definition) is 4. The first-order chi connectivity index (χ1) is 4.31. The first-order valence-electron chi connectivity index (χ1n) is 2.71. The maximum atomic E-state index is 10.3. The number of ether oxygens (including phenoxy) is 1. The zero-order chi connectivity index (χ0) is 7.11. The maximum Gasteiger partial charge on any atom is 1.00 e. The predicted molar refractivity (Wildman–Crippen MR) is 34.8 cm³/mol. The Balaban J connectivity index is -0.000000320. The van der Waals surface area contributed by atoms with Crippen LogP contribution in [-0.2, 0) is 9.53 Å². The van der Waals surface area contributed by atoms with Gasteiger partial charge in [0, 0.05) is 19.1 Å². The molecule has 0 atom stereocenters. The van der Waals surface area contributed by atoms with Crippen LogP contribution in [0.4, 0.5) is 0 Å². The van der Waals surface area contributed by atoms with Gasteiger partial charge in [0.1, 0.15) is 0 Å². The van der Waals surface area contributed by atoms with Gasteiger partial charge in [-0.3, -0.25) is 0 Å². The number of esters is 1. The molecule has 0 unspecified atom stereocenters. The fourth-order valence-electron chi connectivity index (χ4n) is 0.296. The number of rotatable bonds is 4. The van der Waals surface area contributed by atoms with Crippen LogP contribution in [0.3, 0.4) is 0 Å². The largest absolute Gasteiger partial charge is 1.00 e. The van der Waals surface area contributed by atoms with Gasteiger partial charge in [0.2, 0.25) is 0 Å². The van der Waals surface area contributed by atoms with Gasteiger partial charge >= 0.3 is 35.5 Å². The Morgan fingerprint density at radius 2 is 2.18 bits per heavy atom. The molecule has 0 saturated heterocycles. The van der Waals surface area contributed by atoms with E-state index in [0.717, 1.165) is 6.08 Å². The average Bonchev–Trinajstić information content (AvgIpc) is 1.89. The van der Waals surface area contributed by atoms with E-state index in [9.17, 15) is 4.79 Å². The SMILES string of the molecule is C=CC(=O)OCCCO.[Na+].[OH-]. The average molecular weight is 170 g/mol. The minimum atomic E-state index is -0.441. The van der Waals surface area contributed by atoms with Gasteiger partial charge in [-0.15, -0.1) is 0 Å². The van der Waals surface area contributed by atoms with Gasteiger partial charge < -0.3 is 15.3 Å². The van der Waals surface area contributed by atoms with E-state index in [1.54, 1.807) is 0 Å². The smallest absolute Gasteiger partial charge is 0.870 e. The summed E-state index contributed by atoms with van der Waals surface area (Å²) in [6.45, 7) is 3.51. The van der Waals surface area contributed by atoms with Crippen LogP contribution in [0, 0.1) is 0 Å². The van der Waals surface area contributed by atoms with Crippen molar-refractivity contribution in [3.05, 3.63) is 12.7 Å². The molecule has 0 aliphatic carbocycles. The molecule has 0 heterocycles. The molecule has 0 saturated carbocycles. The standard InChI is InChI=1S/C6H10O3.Na.H2O/c1-2-6(8)9-5-3-4-7;;/h2,7H,1,3-5H2;;1H2/q;+1;/p-1.